The molecule has 3 nitrogen and oxygen atoms in total. The molecular formula is C7H15O3P. The highest BCUT2D eigenvalue weighted by atomic mass is 31.2. The molecule has 0 spiro atoms. The van der Waals surface area contributed by atoms with Crippen LogP contribution in [0.25, 0.3) is 0 Å². The van der Waals surface area contributed by atoms with Crippen LogP contribution in [0, 0.1) is 0 Å². The Morgan fingerprint density at radius 3 is 2.27 bits per heavy atom. The summed E-state index contributed by atoms with van der Waals surface area (Å²) in [6, 6.07) is 0. The van der Waals surface area contributed by atoms with E-state index in [1.165, 1.54) is 7.11 Å². The Morgan fingerprint density at radius 2 is 2.00 bits per heavy atom. The normalized spacial score (nSPS) is 16.1. The minimum Gasteiger partial charge on any atom is -0.469 e. The molecule has 66 valence electrons. The van der Waals surface area contributed by atoms with Crippen molar-refractivity contribution in [2.24, 2.45) is 0 Å². The molecule has 0 heterocycles. The van der Waals surface area contributed by atoms with Crippen LogP contribution in [-0.2, 0) is 14.1 Å². The number of esters is 1. The van der Waals surface area contributed by atoms with Gasteiger partial charge in [-0.15, -0.1) is 0 Å². The SMILES string of the molecule is COC(=O)CP(C)(=O)C(C)C. The second-order valence-electron chi connectivity index (χ2n) is 3.00. The zero-order valence-electron chi connectivity index (χ0n) is 7.46. The Bertz CT molecular complexity index is 186. The summed E-state index contributed by atoms with van der Waals surface area (Å²) < 4.78 is 16.0. The van der Waals surface area contributed by atoms with Gasteiger partial charge in [-0.3, -0.25) is 4.79 Å². The second kappa shape index (κ2) is 3.91. The molecule has 4 heteroatoms. The monoisotopic (exact) mass is 178 g/mol. The van der Waals surface area contributed by atoms with Gasteiger partial charge in [-0.1, -0.05) is 13.8 Å². The summed E-state index contributed by atoms with van der Waals surface area (Å²) in [5.74, 6) is -0.385. The lowest BCUT2D eigenvalue weighted by Crippen LogP contribution is -2.11. The van der Waals surface area contributed by atoms with Crippen molar-refractivity contribution in [1.29, 1.82) is 0 Å². The summed E-state index contributed by atoms with van der Waals surface area (Å²) >= 11 is 0. The minimum atomic E-state index is -2.31. The quantitative estimate of drug-likeness (QED) is 0.486. The average molecular weight is 178 g/mol. The van der Waals surface area contributed by atoms with Gasteiger partial charge in [0, 0.05) is 5.66 Å². The fourth-order valence-corrected chi connectivity index (χ4v) is 1.51. The molecule has 0 aromatic heterocycles. The fraction of sp³-hybridized carbons (Fsp3) is 0.857. The number of hydrogen-bond donors (Lipinski definition) is 0. The molecule has 1 atom stereocenters. The van der Waals surface area contributed by atoms with Gasteiger partial charge in [0.15, 0.2) is 0 Å². The van der Waals surface area contributed by atoms with E-state index in [1.807, 2.05) is 13.8 Å². The summed E-state index contributed by atoms with van der Waals surface area (Å²) in [5.41, 5.74) is 0.0570. The molecule has 0 rings (SSSR count). The van der Waals surface area contributed by atoms with Gasteiger partial charge in [0.25, 0.3) is 0 Å². The van der Waals surface area contributed by atoms with Crippen LogP contribution in [0.15, 0.2) is 0 Å². The minimum absolute atomic E-state index is 0.0567. The van der Waals surface area contributed by atoms with Crippen LogP contribution in [0.4, 0.5) is 0 Å². The number of carbonyl (C=O) groups excluding carboxylic acids is 1. The zero-order chi connectivity index (χ0) is 9.07. The highest BCUT2D eigenvalue weighted by molar-refractivity contribution is 7.64. The fourth-order valence-electron chi connectivity index (χ4n) is 0.503. The Morgan fingerprint density at radius 1 is 1.55 bits per heavy atom. The molecule has 0 fully saturated rings. The van der Waals surface area contributed by atoms with Crippen LogP contribution in [0.3, 0.4) is 0 Å². The van der Waals surface area contributed by atoms with Crippen molar-refractivity contribution in [3.05, 3.63) is 0 Å². The van der Waals surface area contributed by atoms with Crippen molar-refractivity contribution in [3.8, 4) is 0 Å². The van der Waals surface area contributed by atoms with Crippen molar-refractivity contribution in [1.82, 2.24) is 0 Å². The smallest absolute Gasteiger partial charge is 0.312 e. The summed E-state index contributed by atoms with van der Waals surface area (Å²) in [4.78, 5) is 10.7. The number of rotatable bonds is 3. The summed E-state index contributed by atoms with van der Waals surface area (Å²) in [7, 11) is -1.00. The van der Waals surface area contributed by atoms with Crippen molar-refractivity contribution in [2.75, 3.05) is 19.9 Å². The lowest BCUT2D eigenvalue weighted by Gasteiger charge is -2.14. The van der Waals surface area contributed by atoms with E-state index >= 15 is 0 Å². The summed E-state index contributed by atoms with van der Waals surface area (Å²) in [6.07, 6.45) is 0.0567. The van der Waals surface area contributed by atoms with Gasteiger partial charge >= 0.3 is 5.97 Å². The zero-order valence-corrected chi connectivity index (χ0v) is 8.35. The molecule has 0 bridgehead atoms. The first-order valence-corrected chi connectivity index (χ1v) is 5.94. The molecule has 0 aliphatic carbocycles. The van der Waals surface area contributed by atoms with E-state index in [0.29, 0.717) is 0 Å². The van der Waals surface area contributed by atoms with E-state index in [2.05, 4.69) is 4.74 Å². The van der Waals surface area contributed by atoms with Crippen molar-refractivity contribution in [3.63, 3.8) is 0 Å². The topological polar surface area (TPSA) is 43.4 Å². The highest BCUT2D eigenvalue weighted by Gasteiger charge is 2.23. The van der Waals surface area contributed by atoms with E-state index < -0.39 is 7.14 Å². The molecule has 11 heavy (non-hydrogen) atoms. The molecular weight excluding hydrogens is 163 g/mol. The molecule has 0 aliphatic heterocycles. The first-order chi connectivity index (χ1) is 4.90. The maximum atomic E-state index is 11.6. The molecule has 0 aromatic carbocycles. The second-order valence-corrected chi connectivity index (χ2v) is 6.70. The third-order valence-electron chi connectivity index (χ3n) is 1.76. The van der Waals surface area contributed by atoms with E-state index in [4.69, 9.17) is 0 Å². The Labute approximate surface area is 67.5 Å². The number of methoxy groups -OCH3 is 1. The average Bonchev–Trinajstić information content (AvgIpc) is 1.86. The molecule has 1 unspecified atom stereocenters. The lowest BCUT2D eigenvalue weighted by molar-refractivity contribution is -0.137. The van der Waals surface area contributed by atoms with Crippen LogP contribution in [-0.4, -0.2) is 31.6 Å². The van der Waals surface area contributed by atoms with Gasteiger partial charge in [0.2, 0.25) is 0 Å². The van der Waals surface area contributed by atoms with Gasteiger partial charge in [-0.2, -0.15) is 0 Å². The largest absolute Gasteiger partial charge is 0.469 e. The molecule has 0 amide bonds. The number of ether oxygens (including phenoxy) is 1. The lowest BCUT2D eigenvalue weighted by atomic mass is 10.6. The predicted octanol–water partition coefficient (Wildman–Crippen LogP) is 1.56. The number of hydrogen-bond acceptors (Lipinski definition) is 3. The summed E-state index contributed by atoms with van der Waals surface area (Å²) in [5, 5.41) is 0. The van der Waals surface area contributed by atoms with Gasteiger partial charge in [0.1, 0.15) is 0 Å². The van der Waals surface area contributed by atoms with Gasteiger partial charge in [0.05, 0.1) is 20.4 Å². The maximum absolute atomic E-state index is 11.6. The van der Waals surface area contributed by atoms with Crippen LogP contribution in [0.5, 0.6) is 0 Å². The number of carbonyl (C=O) groups is 1. The molecule has 0 radical (unpaired) electrons. The molecule has 0 saturated carbocycles. The van der Waals surface area contributed by atoms with Crippen LogP contribution >= 0.6 is 7.14 Å². The Balaban J connectivity index is 4.14. The Kier molecular flexibility index (Phi) is 3.81. The van der Waals surface area contributed by atoms with Crippen molar-refractivity contribution >= 4 is 13.1 Å². The molecule has 0 aliphatic rings. The van der Waals surface area contributed by atoms with Gasteiger partial charge in [-0.05, 0) is 6.66 Å². The predicted molar refractivity (Wildman–Crippen MR) is 45.5 cm³/mol. The Hall–Kier alpha value is -0.300. The van der Waals surface area contributed by atoms with Gasteiger partial charge < -0.3 is 9.30 Å². The maximum Gasteiger partial charge on any atom is 0.312 e. The molecule has 0 saturated heterocycles. The standard InChI is InChI=1S/C7H15O3P/c1-6(2)11(4,9)5-7(8)10-3/h6H,5H2,1-4H3. The third kappa shape index (κ3) is 3.57. The van der Waals surface area contributed by atoms with E-state index in [1.54, 1.807) is 6.66 Å². The molecule has 0 aromatic rings. The van der Waals surface area contributed by atoms with E-state index in [9.17, 15) is 9.36 Å². The van der Waals surface area contributed by atoms with E-state index in [0.717, 1.165) is 0 Å². The van der Waals surface area contributed by atoms with Crippen molar-refractivity contribution < 1.29 is 14.1 Å². The first-order valence-electron chi connectivity index (χ1n) is 3.53. The van der Waals surface area contributed by atoms with Crippen molar-refractivity contribution in [2.45, 2.75) is 19.5 Å². The van der Waals surface area contributed by atoms with Crippen LogP contribution < -0.4 is 0 Å². The summed E-state index contributed by atoms with van der Waals surface area (Å²) in [6.45, 7) is 5.34. The van der Waals surface area contributed by atoms with E-state index in [-0.39, 0.29) is 17.8 Å². The third-order valence-corrected chi connectivity index (χ3v) is 4.83. The molecule has 0 N–H and O–H groups in total. The first kappa shape index (κ1) is 10.7. The van der Waals surface area contributed by atoms with Crippen LogP contribution in [0.1, 0.15) is 13.8 Å². The highest BCUT2D eigenvalue weighted by Crippen LogP contribution is 2.45. The van der Waals surface area contributed by atoms with Crippen LogP contribution in [0.2, 0.25) is 0 Å². The van der Waals surface area contributed by atoms with Gasteiger partial charge in [-0.25, -0.2) is 0 Å².